The minimum absolute atomic E-state index is 0.358. The molecule has 0 radical (unpaired) electrons. The molecule has 2 N–H and O–H groups in total. The summed E-state index contributed by atoms with van der Waals surface area (Å²) < 4.78 is 5.49. The smallest absolute Gasteiger partial charge is 0.344 e. The summed E-state index contributed by atoms with van der Waals surface area (Å²) in [6, 6.07) is 16.9. The lowest BCUT2D eigenvalue weighted by Crippen LogP contribution is -2.36. The molecule has 6 nitrogen and oxygen atoms in total. The van der Waals surface area contributed by atoms with E-state index in [9.17, 15) is 4.79 Å². The molecule has 1 aliphatic rings. The second kappa shape index (κ2) is 5.92. The van der Waals surface area contributed by atoms with Gasteiger partial charge >= 0.3 is 5.63 Å². The molecule has 2 aromatic carbocycles. The normalized spacial score (nSPS) is 13.1. The van der Waals surface area contributed by atoms with E-state index in [1.54, 1.807) is 24.6 Å². The number of benzene rings is 2. The van der Waals surface area contributed by atoms with Crippen molar-refractivity contribution in [2.75, 3.05) is 5.43 Å². The van der Waals surface area contributed by atoms with Gasteiger partial charge in [-0.2, -0.15) is 0 Å². The molecule has 3 aromatic rings. The molecular formula is C18H14N4O2. The summed E-state index contributed by atoms with van der Waals surface area (Å²) in [4.78, 5) is 12.3. The molecule has 6 heteroatoms. The Bertz CT molecular complexity index is 993. The van der Waals surface area contributed by atoms with Crippen molar-refractivity contribution >= 4 is 22.9 Å². The first-order valence-corrected chi connectivity index (χ1v) is 7.45. The zero-order chi connectivity index (χ0) is 16.4. The van der Waals surface area contributed by atoms with Gasteiger partial charge in [0, 0.05) is 17.7 Å². The Morgan fingerprint density at radius 1 is 1.08 bits per heavy atom. The Balaban J connectivity index is 1.70. The van der Waals surface area contributed by atoms with Crippen molar-refractivity contribution in [3.05, 3.63) is 77.3 Å². The molecule has 0 unspecified atom stereocenters. The highest BCUT2D eigenvalue weighted by Crippen LogP contribution is 2.23. The van der Waals surface area contributed by atoms with Crippen LogP contribution in [0.4, 0.5) is 5.69 Å². The van der Waals surface area contributed by atoms with E-state index in [4.69, 9.17) is 4.42 Å². The van der Waals surface area contributed by atoms with Crippen molar-refractivity contribution in [3.63, 3.8) is 0 Å². The van der Waals surface area contributed by atoms with E-state index in [-0.39, 0.29) is 5.63 Å². The van der Waals surface area contributed by atoms with Crippen LogP contribution in [0.3, 0.4) is 0 Å². The minimum atomic E-state index is -0.358. The maximum atomic E-state index is 12.3. The van der Waals surface area contributed by atoms with Crippen LogP contribution in [0.2, 0.25) is 0 Å². The molecule has 0 atom stereocenters. The van der Waals surface area contributed by atoms with Gasteiger partial charge in [-0.15, -0.1) is 10.3 Å². The van der Waals surface area contributed by atoms with Crippen LogP contribution in [0.5, 0.6) is 0 Å². The fourth-order valence-corrected chi connectivity index (χ4v) is 2.48. The molecule has 0 bridgehead atoms. The highest BCUT2D eigenvalue weighted by molar-refractivity contribution is 5.84. The van der Waals surface area contributed by atoms with Crippen LogP contribution in [-0.4, -0.2) is 11.4 Å². The van der Waals surface area contributed by atoms with E-state index in [0.717, 1.165) is 16.6 Å². The quantitative estimate of drug-likeness (QED) is 0.726. The molecule has 0 fully saturated rings. The molecule has 1 aromatic heterocycles. The topological polar surface area (TPSA) is 69.9 Å². The number of nitrogens with zero attached hydrogens (tertiary/aromatic N) is 2. The third-order valence-electron chi connectivity index (χ3n) is 3.62. The van der Waals surface area contributed by atoms with E-state index in [1.807, 2.05) is 48.5 Å². The van der Waals surface area contributed by atoms with Gasteiger partial charge in [0.15, 0.2) is 0 Å². The van der Waals surface area contributed by atoms with Gasteiger partial charge < -0.3 is 4.42 Å². The summed E-state index contributed by atoms with van der Waals surface area (Å²) in [6.07, 6.45) is 5.17. The van der Waals surface area contributed by atoms with Crippen molar-refractivity contribution in [1.29, 1.82) is 0 Å². The molecule has 0 spiro atoms. The molecule has 0 amide bonds. The Labute approximate surface area is 137 Å². The van der Waals surface area contributed by atoms with E-state index >= 15 is 0 Å². The fraction of sp³-hybridized carbons (Fsp3) is 0. The van der Waals surface area contributed by atoms with Gasteiger partial charge in [0.1, 0.15) is 5.58 Å². The highest BCUT2D eigenvalue weighted by Gasteiger charge is 2.09. The fourth-order valence-electron chi connectivity index (χ4n) is 2.48. The van der Waals surface area contributed by atoms with E-state index in [1.165, 1.54) is 5.23 Å². The minimum Gasteiger partial charge on any atom is -0.422 e. The lowest BCUT2D eigenvalue weighted by molar-refractivity contribution is 0.285. The van der Waals surface area contributed by atoms with Gasteiger partial charge in [0.2, 0.25) is 0 Å². The van der Waals surface area contributed by atoms with Crippen LogP contribution < -0.4 is 16.5 Å². The second-order valence-electron chi connectivity index (χ2n) is 5.24. The van der Waals surface area contributed by atoms with Crippen molar-refractivity contribution in [2.24, 2.45) is 5.10 Å². The molecule has 0 saturated heterocycles. The van der Waals surface area contributed by atoms with E-state index in [2.05, 4.69) is 16.0 Å². The predicted molar refractivity (Wildman–Crippen MR) is 94.1 cm³/mol. The average molecular weight is 318 g/mol. The molecule has 1 aliphatic heterocycles. The zero-order valence-corrected chi connectivity index (χ0v) is 12.6. The third kappa shape index (κ3) is 2.72. The lowest BCUT2D eigenvalue weighted by atomic mass is 10.1. The molecule has 2 heterocycles. The molecule has 118 valence electrons. The molecule has 0 aliphatic carbocycles. The molecule has 24 heavy (non-hydrogen) atoms. The number of nitrogens with one attached hydrogen (secondary N) is 2. The van der Waals surface area contributed by atoms with E-state index < -0.39 is 0 Å². The SMILES string of the molecule is O=c1oc2cc(NN3N=CC=CN3)ccc2cc1-c1ccccc1. The van der Waals surface area contributed by atoms with Gasteiger partial charge in [0.25, 0.3) is 0 Å². The van der Waals surface area contributed by atoms with Crippen molar-refractivity contribution in [3.8, 4) is 11.1 Å². The Morgan fingerprint density at radius 2 is 1.96 bits per heavy atom. The summed E-state index contributed by atoms with van der Waals surface area (Å²) in [5.41, 5.74) is 8.26. The number of hydrazine groups is 2. The largest absolute Gasteiger partial charge is 0.422 e. The monoisotopic (exact) mass is 318 g/mol. The summed E-state index contributed by atoms with van der Waals surface area (Å²) in [5, 5.41) is 6.39. The summed E-state index contributed by atoms with van der Waals surface area (Å²) in [5.74, 6) is 0. The van der Waals surface area contributed by atoms with Gasteiger partial charge in [-0.25, -0.2) is 4.79 Å². The first kappa shape index (κ1) is 14.1. The number of rotatable bonds is 3. The van der Waals surface area contributed by atoms with Crippen LogP contribution in [0, 0.1) is 0 Å². The Hall–Kier alpha value is -3.54. The van der Waals surface area contributed by atoms with Gasteiger partial charge in [-0.05, 0) is 29.8 Å². The average Bonchev–Trinajstić information content (AvgIpc) is 2.63. The zero-order valence-electron chi connectivity index (χ0n) is 12.6. The van der Waals surface area contributed by atoms with Gasteiger partial charge in [0.05, 0.1) is 17.5 Å². The number of hydrogen-bond acceptors (Lipinski definition) is 6. The van der Waals surface area contributed by atoms with Crippen LogP contribution >= 0.6 is 0 Å². The number of fused-ring (bicyclic) bond motifs is 1. The van der Waals surface area contributed by atoms with Crippen LogP contribution in [0.25, 0.3) is 22.1 Å². The maximum absolute atomic E-state index is 12.3. The maximum Gasteiger partial charge on any atom is 0.344 e. The van der Waals surface area contributed by atoms with E-state index in [0.29, 0.717) is 11.1 Å². The first-order valence-electron chi connectivity index (χ1n) is 7.45. The Kier molecular flexibility index (Phi) is 3.47. The Morgan fingerprint density at radius 3 is 2.75 bits per heavy atom. The number of anilines is 1. The molecule has 4 rings (SSSR count). The molecule has 0 saturated carbocycles. The summed E-state index contributed by atoms with van der Waals surface area (Å²) in [7, 11) is 0. The standard InChI is InChI=1S/C18H14N4O2/c23-18-16(13-5-2-1-3-6-13)11-14-7-8-15(12-17(14)24-18)21-22-19-9-4-10-20-22/h1-12,19,21H. The second-order valence-corrected chi connectivity index (χ2v) is 5.24. The highest BCUT2D eigenvalue weighted by atomic mass is 16.4. The van der Waals surface area contributed by atoms with Crippen molar-refractivity contribution in [1.82, 2.24) is 10.7 Å². The summed E-state index contributed by atoms with van der Waals surface area (Å²) in [6.45, 7) is 0. The lowest BCUT2D eigenvalue weighted by Gasteiger charge is -2.21. The first-order chi connectivity index (χ1) is 11.8. The van der Waals surface area contributed by atoms with Crippen LogP contribution in [0.15, 0.2) is 81.2 Å². The third-order valence-corrected chi connectivity index (χ3v) is 3.62. The number of hydrogen-bond donors (Lipinski definition) is 2. The molecular weight excluding hydrogens is 304 g/mol. The van der Waals surface area contributed by atoms with Crippen molar-refractivity contribution in [2.45, 2.75) is 0 Å². The van der Waals surface area contributed by atoms with Gasteiger partial charge in [-0.3, -0.25) is 10.9 Å². The van der Waals surface area contributed by atoms with Crippen molar-refractivity contribution < 1.29 is 4.42 Å². The van der Waals surface area contributed by atoms with Crippen LogP contribution in [0.1, 0.15) is 0 Å². The predicted octanol–water partition coefficient (Wildman–Crippen LogP) is 3.11. The summed E-state index contributed by atoms with van der Waals surface area (Å²) >= 11 is 0. The number of hydrazone groups is 1. The van der Waals surface area contributed by atoms with Crippen LogP contribution in [-0.2, 0) is 0 Å². The number of allylic oxidation sites excluding steroid dienone is 1. The van der Waals surface area contributed by atoms with Gasteiger partial charge in [-0.1, -0.05) is 30.3 Å².